The summed E-state index contributed by atoms with van der Waals surface area (Å²) in [5.74, 6) is -0.0128. The molecule has 1 saturated heterocycles. The highest BCUT2D eigenvalue weighted by Crippen LogP contribution is 2.32. The third-order valence-electron chi connectivity index (χ3n) is 9.52. The second-order valence-corrected chi connectivity index (χ2v) is 12.5. The van der Waals surface area contributed by atoms with Gasteiger partial charge in [0.05, 0.1) is 17.8 Å². The number of anilines is 1. The van der Waals surface area contributed by atoms with E-state index in [-0.39, 0.29) is 53.0 Å². The van der Waals surface area contributed by atoms with Crippen molar-refractivity contribution in [3.8, 4) is 22.6 Å². The first kappa shape index (κ1) is 39.0. The van der Waals surface area contributed by atoms with E-state index in [1.165, 1.54) is 22.6 Å². The van der Waals surface area contributed by atoms with E-state index in [2.05, 4.69) is 43.7 Å². The topological polar surface area (TPSA) is 127 Å². The molecule has 4 heterocycles. The van der Waals surface area contributed by atoms with Crippen molar-refractivity contribution >= 4 is 40.4 Å². The first-order valence-corrected chi connectivity index (χ1v) is 16.1. The molecule has 2 aliphatic rings. The maximum Gasteiger partial charge on any atom is 0.251 e. The summed E-state index contributed by atoms with van der Waals surface area (Å²) in [6.45, 7) is 1.96. The fourth-order valence-corrected chi connectivity index (χ4v) is 6.64. The predicted octanol–water partition coefficient (Wildman–Crippen LogP) is 6.52. The predicted molar refractivity (Wildman–Crippen MR) is 205 cm³/mol. The van der Waals surface area contributed by atoms with Crippen molar-refractivity contribution in [1.82, 2.24) is 34.9 Å². The lowest BCUT2D eigenvalue weighted by Gasteiger charge is -2.35. The first-order chi connectivity index (χ1) is 23.8. The van der Waals surface area contributed by atoms with Crippen LogP contribution >= 0.6 is 0 Å². The van der Waals surface area contributed by atoms with Crippen LogP contribution in [0.25, 0.3) is 39.1 Å². The Labute approximate surface area is 304 Å². The molecular weight excluding hydrogens is 659 g/mol. The molecule has 5 aromatic rings. The maximum absolute atomic E-state index is 13.9. The Morgan fingerprint density at radius 2 is 1.65 bits per heavy atom. The molecule has 0 spiro atoms. The lowest BCUT2D eigenvalue weighted by Crippen LogP contribution is -2.57. The summed E-state index contributed by atoms with van der Waals surface area (Å²) in [5, 5.41) is 11.1. The Kier molecular flexibility index (Phi) is 12.4. The van der Waals surface area contributed by atoms with Gasteiger partial charge in [0.25, 0.3) is 5.91 Å². The number of aromatic amines is 1. The van der Waals surface area contributed by atoms with E-state index in [9.17, 15) is 18.8 Å². The summed E-state index contributed by atoms with van der Waals surface area (Å²) in [4.78, 5) is 53.1. The van der Waals surface area contributed by atoms with Gasteiger partial charge in [0.1, 0.15) is 11.4 Å². The Morgan fingerprint density at radius 3 is 2.33 bits per heavy atom. The van der Waals surface area contributed by atoms with E-state index in [0.29, 0.717) is 49.7 Å². The van der Waals surface area contributed by atoms with Gasteiger partial charge in [0, 0.05) is 67.8 Å². The zero-order valence-electron chi connectivity index (χ0n) is 27.0. The summed E-state index contributed by atoms with van der Waals surface area (Å²) in [7, 11) is 1.60. The molecule has 0 bridgehead atoms. The molecule has 1 atom stereocenters. The zero-order chi connectivity index (χ0) is 34.0. The molecule has 2 aliphatic heterocycles. The smallest absolute Gasteiger partial charge is 0.251 e. The van der Waals surface area contributed by atoms with E-state index in [4.69, 9.17) is 0 Å². The number of H-pyrrole nitrogens is 1. The van der Waals surface area contributed by atoms with E-state index < -0.39 is 5.54 Å². The van der Waals surface area contributed by atoms with Crippen LogP contribution in [0.3, 0.4) is 0 Å². The summed E-state index contributed by atoms with van der Waals surface area (Å²) in [6.07, 6.45) is 7.31. The van der Waals surface area contributed by atoms with Crippen molar-refractivity contribution in [2.75, 3.05) is 45.1 Å². The van der Waals surface area contributed by atoms with Crippen molar-refractivity contribution in [2.24, 2.45) is 0 Å². The molecular formula is C40H47FN8O3. The lowest BCUT2D eigenvalue weighted by atomic mass is 9.95. The molecule has 0 aliphatic carbocycles. The Hall–Kier alpha value is -5.75. The number of aromatic nitrogens is 4. The second-order valence-electron chi connectivity index (χ2n) is 12.5. The van der Waals surface area contributed by atoms with Gasteiger partial charge in [-0.15, -0.1) is 0 Å². The molecule has 2 aromatic heterocycles. The first-order valence-electron chi connectivity index (χ1n) is 16.1. The number of likely N-dealkylation sites (tertiary alicyclic amines) is 1. The molecule has 3 amide bonds. The highest BCUT2D eigenvalue weighted by Gasteiger charge is 2.48. The zero-order valence-corrected chi connectivity index (χ0v) is 27.0. The average molecular weight is 707 g/mol. The standard InChI is InChI=1S/C37H35FN8O3.3CH4/c1-44(24-47)37(36(49)41-30-11-12-32-31(21-30)34(43-42-32)27-7-9-29(38)10-8-27)15-20-45(23-37)22-33(48)46-18-13-26(14-19-46)25-3-5-28(6-4-25)35-39-16-2-17-40-35;;;/h2-13,16-17,21,24H,14-15,18-20,22-23H2,1H3,(H,41,49)(H,42,43);3*1H4. The number of halogens is 1. The number of benzene rings is 3. The summed E-state index contributed by atoms with van der Waals surface area (Å²) in [6, 6.07) is 21.4. The van der Waals surface area contributed by atoms with Crippen molar-refractivity contribution in [2.45, 2.75) is 40.7 Å². The fourth-order valence-electron chi connectivity index (χ4n) is 6.64. The number of nitrogens with one attached hydrogen (secondary N) is 2. The van der Waals surface area contributed by atoms with Gasteiger partial charge in [-0.1, -0.05) is 52.6 Å². The number of carbonyl (C=O) groups excluding carboxylic acids is 3. The largest absolute Gasteiger partial charge is 0.338 e. The molecule has 11 nitrogen and oxygen atoms in total. The Bertz CT molecular complexity index is 2030. The van der Waals surface area contributed by atoms with Crippen LogP contribution in [0.5, 0.6) is 0 Å². The van der Waals surface area contributed by atoms with Gasteiger partial charge in [0.15, 0.2) is 5.82 Å². The highest BCUT2D eigenvalue weighted by molar-refractivity contribution is 6.02. The van der Waals surface area contributed by atoms with Gasteiger partial charge < -0.3 is 15.1 Å². The van der Waals surface area contributed by atoms with Gasteiger partial charge >= 0.3 is 0 Å². The summed E-state index contributed by atoms with van der Waals surface area (Å²) >= 11 is 0. The molecule has 1 fully saturated rings. The van der Waals surface area contributed by atoms with Crippen LogP contribution in [0.4, 0.5) is 10.1 Å². The number of rotatable bonds is 9. The maximum atomic E-state index is 13.9. The van der Waals surface area contributed by atoms with Crippen LogP contribution in [-0.2, 0) is 14.4 Å². The molecule has 0 saturated carbocycles. The molecule has 0 radical (unpaired) electrons. The van der Waals surface area contributed by atoms with Crippen molar-refractivity contribution in [3.63, 3.8) is 0 Å². The molecule has 52 heavy (non-hydrogen) atoms. The molecule has 2 N–H and O–H groups in total. The van der Waals surface area contributed by atoms with Crippen LogP contribution in [0.15, 0.2) is 91.3 Å². The van der Waals surface area contributed by atoms with E-state index in [1.54, 1.807) is 43.7 Å². The van der Waals surface area contributed by atoms with Crippen LogP contribution in [0.2, 0.25) is 0 Å². The average Bonchev–Trinajstić information content (AvgIpc) is 3.77. The number of amides is 3. The molecule has 12 heteroatoms. The third-order valence-corrected chi connectivity index (χ3v) is 9.52. The number of likely N-dealkylation sites (N-methyl/N-ethyl adjacent to an activating group) is 1. The van der Waals surface area contributed by atoms with Crippen LogP contribution in [0.1, 0.15) is 40.7 Å². The second kappa shape index (κ2) is 16.5. The number of nitrogens with zero attached hydrogens (tertiary/aromatic N) is 6. The number of hydrogen-bond donors (Lipinski definition) is 2. The van der Waals surface area contributed by atoms with E-state index >= 15 is 0 Å². The normalized spacial score (nSPS) is 16.9. The van der Waals surface area contributed by atoms with Gasteiger partial charge in [0.2, 0.25) is 12.3 Å². The Balaban J connectivity index is 0.00000202. The van der Waals surface area contributed by atoms with Crippen LogP contribution in [-0.4, -0.2) is 98.4 Å². The van der Waals surface area contributed by atoms with Crippen molar-refractivity contribution in [1.29, 1.82) is 0 Å². The number of carbonyl (C=O) groups is 3. The number of fused-ring (bicyclic) bond motifs is 1. The molecule has 272 valence electrons. The minimum absolute atomic E-state index is 0. The minimum Gasteiger partial charge on any atom is -0.338 e. The minimum atomic E-state index is -1.15. The van der Waals surface area contributed by atoms with Crippen molar-refractivity contribution < 1.29 is 18.8 Å². The molecule has 3 aromatic carbocycles. The van der Waals surface area contributed by atoms with Crippen molar-refractivity contribution in [3.05, 3.63) is 103 Å². The van der Waals surface area contributed by atoms with Gasteiger partial charge in [-0.2, -0.15) is 5.10 Å². The van der Waals surface area contributed by atoms with Gasteiger partial charge in [-0.25, -0.2) is 14.4 Å². The van der Waals surface area contributed by atoms with Gasteiger partial charge in [-0.05, 0) is 72.5 Å². The van der Waals surface area contributed by atoms with E-state index in [1.807, 2.05) is 34.1 Å². The molecule has 7 rings (SSSR count). The quantitative estimate of drug-likeness (QED) is 0.167. The highest BCUT2D eigenvalue weighted by atomic mass is 19.1. The van der Waals surface area contributed by atoms with Crippen LogP contribution < -0.4 is 5.32 Å². The monoisotopic (exact) mass is 706 g/mol. The van der Waals surface area contributed by atoms with Crippen LogP contribution in [0, 0.1) is 5.82 Å². The SMILES string of the molecule is C.C.C.CN(C=O)C1(C(=O)Nc2ccc3[nH]nc(-c4ccc(F)cc4)c3c2)CCN(CC(=O)N2CC=C(c3ccc(-c4ncccn4)cc3)CC2)C1. The van der Waals surface area contributed by atoms with Gasteiger partial charge in [-0.3, -0.25) is 24.4 Å². The molecule has 1 unspecified atom stereocenters. The third kappa shape index (κ3) is 7.76. The Morgan fingerprint density at radius 1 is 0.962 bits per heavy atom. The summed E-state index contributed by atoms with van der Waals surface area (Å²) in [5.41, 5.74) is 4.75. The lowest BCUT2D eigenvalue weighted by molar-refractivity contribution is -0.135. The van der Waals surface area contributed by atoms with E-state index in [0.717, 1.165) is 34.0 Å². The number of hydrogen-bond acceptors (Lipinski definition) is 7. The fraction of sp³-hybridized carbons (Fsp3) is 0.300. The summed E-state index contributed by atoms with van der Waals surface area (Å²) < 4.78 is 13.5.